The molecular formula is C18H26N2O3. The second-order valence-electron chi connectivity index (χ2n) is 6.40. The average Bonchev–Trinajstić information content (AvgIpc) is 3.26. The lowest BCUT2D eigenvalue weighted by molar-refractivity contribution is 0.0708. The van der Waals surface area contributed by atoms with Gasteiger partial charge in [0.2, 0.25) is 0 Å². The van der Waals surface area contributed by atoms with E-state index in [-0.39, 0.29) is 5.91 Å². The van der Waals surface area contributed by atoms with E-state index in [1.54, 1.807) is 32.4 Å². The lowest BCUT2D eigenvalue weighted by Gasteiger charge is -2.28. The molecule has 5 nitrogen and oxygen atoms in total. The fourth-order valence-electron chi connectivity index (χ4n) is 3.65. The zero-order chi connectivity index (χ0) is 16.2. The van der Waals surface area contributed by atoms with Crippen molar-refractivity contribution in [2.75, 3.05) is 40.4 Å². The Labute approximate surface area is 138 Å². The topological polar surface area (TPSA) is 42.0 Å². The van der Waals surface area contributed by atoms with Crippen molar-refractivity contribution in [2.45, 2.75) is 31.7 Å². The van der Waals surface area contributed by atoms with Crippen LogP contribution < -0.4 is 9.47 Å². The molecule has 0 radical (unpaired) electrons. The molecule has 1 aromatic rings. The largest absolute Gasteiger partial charge is 0.497 e. The molecule has 0 unspecified atom stereocenters. The number of amides is 1. The zero-order valence-electron chi connectivity index (χ0n) is 14.1. The Kier molecular flexibility index (Phi) is 5.06. The van der Waals surface area contributed by atoms with E-state index in [1.807, 2.05) is 4.90 Å². The van der Waals surface area contributed by atoms with Gasteiger partial charge in [-0.25, -0.2) is 0 Å². The summed E-state index contributed by atoms with van der Waals surface area (Å²) in [5.41, 5.74) is 0.648. The number of rotatable bonds is 5. The number of methoxy groups -OCH3 is 2. The van der Waals surface area contributed by atoms with E-state index in [2.05, 4.69) is 4.90 Å². The summed E-state index contributed by atoms with van der Waals surface area (Å²) >= 11 is 0. The zero-order valence-corrected chi connectivity index (χ0v) is 14.1. The van der Waals surface area contributed by atoms with Crippen molar-refractivity contribution >= 4 is 5.91 Å². The maximum atomic E-state index is 13.0. The number of hydrogen-bond donors (Lipinski definition) is 0. The lowest BCUT2D eigenvalue weighted by atomic mass is 10.1. The molecule has 2 aliphatic rings. The predicted octanol–water partition coefficient (Wildman–Crippen LogP) is 2.40. The quantitative estimate of drug-likeness (QED) is 0.836. The fraction of sp³-hybridized carbons (Fsp3) is 0.611. The molecule has 126 valence electrons. The summed E-state index contributed by atoms with van der Waals surface area (Å²) in [6.07, 6.45) is 4.76. The van der Waals surface area contributed by atoms with Crippen molar-refractivity contribution in [3.63, 3.8) is 0 Å². The molecule has 2 fully saturated rings. The summed E-state index contributed by atoms with van der Waals surface area (Å²) in [4.78, 5) is 17.5. The van der Waals surface area contributed by atoms with Gasteiger partial charge < -0.3 is 19.3 Å². The van der Waals surface area contributed by atoms with Gasteiger partial charge in [-0.2, -0.15) is 0 Å². The van der Waals surface area contributed by atoms with Gasteiger partial charge in [0, 0.05) is 30.8 Å². The van der Waals surface area contributed by atoms with Crippen LogP contribution in [-0.4, -0.2) is 62.1 Å². The lowest BCUT2D eigenvalue weighted by Crippen LogP contribution is -2.42. The van der Waals surface area contributed by atoms with Gasteiger partial charge in [0.05, 0.1) is 14.2 Å². The van der Waals surface area contributed by atoms with Crippen molar-refractivity contribution in [3.8, 4) is 11.5 Å². The highest BCUT2D eigenvalue weighted by molar-refractivity contribution is 5.95. The minimum atomic E-state index is 0.0869. The Hall–Kier alpha value is -1.75. The van der Waals surface area contributed by atoms with Crippen LogP contribution in [-0.2, 0) is 0 Å². The van der Waals surface area contributed by atoms with E-state index >= 15 is 0 Å². The molecule has 0 bridgehead atoms. The molecule has 1 atom stereocenters. The number of ether oxygens (including phenoxy) is 2. The fourth-order valence-corrected chi connectivity index (χ4v) is 3.65. The van der Waals surface area contributed by atoms with Crippen LogP contribution in [0, 0.1) is 0 Å². The SMILES string of the molecule is COc1cc(OC)cc(C(=O)N2CCC[C@@H]2CN2CCCC2)c1. The normalized spacial score (nSPS) is 21.7. The van der Waals surface area contributed by atoms with Crippen molar-refractivity contribution in [1.29, 1.82) is 0 Å². The maximum absolute atomic E-state index is 13.0. The number of nitrogens with zero attached hydrogens (tertiary/aromatic N) is 2. The highest BCUT2D eigenvalue weighted by atomic mass is 16.5. The van der Waals surface area contributed by atoms with E-state index < -0.39 is 0 Å². The second-order valence-corrected chi connectivity index (χ2v) is 6.40. The molecule has 2 heterocycles. The number of carbonyl (C=O) groups excluding carboxylic acids is 1. The molecule has 23 heavy (non-hydrogen) atoms. The average molecular weight is 318 g/mol. The Bertz CT molecular complexity index is 533. The summed E-state index contributed by atoms with van der Waals surface area (Å²) in [5, 5.41) is 0. The summed E-state index contributed by atoms with van der Waals surface area (Å²) in [7, 11) is 3.21. The summed E-state index contributed by atoms with van der Waals surface area (Å²) in [6.45, 7) is 4.20. The number of carbonyl (C=O) groups is 1. The predicted molar refractivity (Wildman–Crippen MR) is 89.3 cm³/mol. The Morgan fingerprint density at radius 2 is 1.70 bits per heavy atom. The minimum absolute atomic E-state index is 0.0869. The molecule has 5 heteroatoms. The Morgan fingerprint density at radius 3 is 2.30 bits per heavy atom. The molecular weight excluding hydrogens is 292 g/mol. The van der Waals surface area contributed by atoms with Crippen LogP contribution in [0.2, 0.25) is 0 Å². The standard InChI is InChI=1S/C18H26N2O3/c1-22-16-10-14(11-17(12-16)23-2)18(21)20-9-5-6-15(20)13-19-7-3-4-8-19/h10-12,15H,3-9,13H2,1-2H3/t15-/m1/s1. The van der Waals surface area contributed by atoms with Crippen LogP contribution in [0.5, 0.6) is 11.5 Å². The van der Waals surface area contributed by atoms with Crippen LogP contribution in [0.15, 0.2) is 18.2 Å². The number of benzene rings is 1. The van der Waals surface area contributed by atoms with E-state index in [1.165, 1.54) is 25.9 Å². The van der Waals surface area contributed by atoms with Crippen LogP contribution in [0.4, 0.5) is 0 Å². The third kappa shape index (κ3) is 3.61. The van der Waals surface area contributed by atoms with Gasteiger partial charge in [0.15, 0.2) is 0 Å². The Balaban J connectivity index is 1.75. The van der Waals surface area contributed by atoms with Crippen molar-refractivity contribution in [2.24, 2.45) is 0 Å². The summed E-state index contributed by atoms with van der Waals surface area (Å²) < 4.78 is 10.6. The van der Waals surface area contributed by atoms with Gasteiger partial charge in [0.25, 0.3) is 5.91 Å². The molecule has 3 rings (SSSR count). The third-order valence-corrected chi connectivity index (χ3v) is 4.90. The minimum Gasteiger partial charge on any atom is -0.497 e. The van der Waals surface area contributed by atoms with Gasteiger partial charge in [-0.3, -0.25) is 4.79 Å². The molecule has 2 saturated heterocycles. The highest BCUT2D eigenvalue weighted by Gasteiger charge is 2.31. The molecule has 0 spiro atoms. The van der Waals surface area contributed by atoms with E-state index in [9.17, 15) is 4.79 Å². The van der Waals surface area contributed by atoms with Crippen molar-refractivity contribution < 1.29 is 14.3 Å². The second kappa shape index (κ2) is 7.21. The van der Waals surface area contributed by atoms with E-state index in [4.69, 9.17) is 9.47 Å². The monoisotopic (exact) mass is 318 g/mol. The summed E-state index contributed by atoms with van der Waals surface area (Å²) in [6, 6.07) is 5.73. The van der Waals surface area contributed by atoms with Gasteiger partial charge in [0.1, 0.15) is 11.5 Å². The van der Waals surface area contributed by atoms with Crippen molar-refractivity contribution in [1.82, 2.24) is 9.80 Å². The first-order valence-corrected chi connectivity index (χ1v) is 8.47. The van der Waals surface area contributed by atoms with Gasteiger partial charge in [-0.1, -0.05) is 0 Å². The van der Waals surface area contributed by atoms with Crippen LogP contribution >= 0.6 is 0 Å². The molecule has 2 aliphatic heterocycles. The highest BCUT2D eigenvalue weighted by Crippen LogP contribution is 2.27. The maximum Gasteiger partial charge on any atom is 0.254 e. The number of hydrogen-bond acceptors (Lipinski definition) is 4. The first-order valence-electron chi connectivity index (χ1n) is 8.47. The molecule has 1 aromatic carbocycles. The third-order valence-electron chi connectivity index (χ3n) is 4.90. The van der Waals surface area contributed by atoms with E-state index in [0.29, 0.717) is 23.1 Å². The number of likely N-dealkylation sites (tertiary alicyclic amines) is 2. The molecule has 1 amide bonds. The van der Waals surface area contributed by atoms with Gasteiger partial charge >= 0.3 is 0 Å². The molecule has 0 aliphatic carbocycles. The first kappa shape index (κ1) is 16.1. The van der Waals surface area contributed by atoms with Crippen LogP contribution in [0.3, 0.4) is 0 Å². The molecule has 0 N–H and O–H groups in total. The van der Waals surface area contributed by atoms with Crippen LogP contribution in [0.25, 0.3) is 0 Å². The van der Waals surface area contributed by atoms with Crippen LogP contribution in [0.1, 0.15) is 36.0 Å². The van der Waals surface area contributed by atoms with Gasteiger partial charge in [-0.15, -0.1) is 0 Å². The molecule has 0 saturated carbocycles. The first-order chi connectivity index (χ1) is 11.2. The van der Waals surface area contributed by atoms with Gasteiger partial charge in [-0.05, 0) is 50.9 Å². The smallest absolute Gasteiger partial charge is 0.254 e. The van der Waals surface area contributed by atoms with Crippen molar-refractivity contribution in [3.05, 3.63) is 23.8 Å². The summed E-state index contributed by atoms with van der Waals surface area (Å²) in [5.74, 6) is 1.40. The van der Waals surface area contributed by atoms with E-state index in [0.717, 1.165) is 25.9 Å². The Morgan fingerprint density at radius 1 is 1.04 bits per heavy atom. The molecule has 0 aromatic heterocycles.